The van der Waals surface area contributed by atoms with Crippen molar-refractivity contribution in [2.75, 3.05) is 11.9 Å². The van der Waals surface area contributed by atoms with Gasteiger partial charge in [-0.05, 0) is 48.2 Å². The van der Waals surface area contributed by atoms with E-state index in [1.807, 2.05) is 29.6 Å². The van der Waals surface area contributed by atoms with Gasteiger partial charge in [0.2, 0.25) is 0 Å². The lowest BCUT2D eigenvalue weighted by Gasteiger charge is -2.10. The molecule has 1 amide bonds. The molecule has 0 atom stereocenters. The van der Waals surface area contributed by atoms with Gasteiger partial charge in [0.1, 0.15) is 16.4 Å². The first-order valence-electron chi connectivity index (χ1n) is 9.36. The zero-order chi connectivity index (χ0) is 21.0. The van der Waals surface area contributed by atoms with Crippen LogP contribution < -0.4 is 5.32 Å². The second-order valence-corrected chi connectivity index (χ2v) is 7.69. The summed E-state index contributed by atoms with van der Waals surface area (Å²) in [6.45, 7) is 6.20. The Morgan fingerprint density at radius 1 is 1.07 bits per heavy atom. The van der Waals surface area contributed by atoms with Crippen molar-refractivity contribution in [1.29, 1.82) is 0 Å². The summed E-state index contributed by atoms with van der Waals surface area (Å²) >= 11 is 1.25. The lowest BCUT2D eigenvalue weighted by Crippen LogP contribution is -2.14. The Hall–Kier alpha value is -2.99. The van der Waals surface area contributed by atoms with Gasteiger partial charge in [-0.15, -0.1) is 11.3 Å². The van der Waals surface area contributed by atoms with Gasteiger partial charge in [-0.25, -0.2) is 9.18 Å². The van der Waals surface area contributed by atoms with Crippen molar-refractivity contribution in [1.82, 2.24) is 0 Å². The van der Waals surface area contributed by atoms with Gasteiger partial charge in [-0.1, -0.05) is 38.1 Å². The Labute approximate surface area is 173 Å². The lowest BCUT2D eigenvalue weighted by atomic mass is 9.98. The average Bonchev–Trinajstić information content (AvgIpc) is 3.12. The van der Waals surface area contributed by atoms with Crippen LogP contribution in [0.1, 0.15) is 53.0 Å². The number of amides is 1. The number of nitrogens with one attached hydrogen (secondary N) is 1. The molecule has 3 aromatic rings. The minimum Gasteiger partial charge on any atom is -0.462 e. The number of benzene rings is 2. The summed E-state index contributed by atoms with van der Waals surface area (Å²) in [6, 6.07) is 13.2. The highest BCUT2D eigenvalue weighted by Crippen LogP contribution is 2.37. The fourth-order valence-electron chi connectivity index (χ4n) is 2.89. The lowest BCUT2D eigenvalue weighted by molar-refractivity contribution is 0.0529. The van der Waals surface area contributed by atoms with Crippen LogP contribution in [0.3, 0.4) is 0 Å². The summed E-state index contributed by atoms with van der Waals surface area (Å²) in [5.74, 6) is -0.927. The number of ether oxygens (including phenoxy) is 1. The Balaban J connectivity index is 1.96. The molecule has 1 N–H and O–H groups in total. The molecule has 0 aliphatic rings. The summed E-state index contributed by atoms with van der Waals surface area (Å²) in [5.41, 5.74) is 3.41. The molecule has 0 aliphatic carbocycles. The van der Waals surface area contributed by atoms with Crippen molar-refractivity contribution < 1.29 is 18.7 Å². The Kier molecular flexibility index (Phi) is 6.44. The first kappa shape index (κ1) is 20.7. The van der Waals surface area contributed by atoms with Crippen LogP contribution in [0.5, 0.6) is 0 Å². The van der Waals surface area contributed by atoms with Gasteiger partial charge in [0, 0.05) is 16.5 Å². The molecule has 2 aromatic carbocycles. The Morgan fingerprint density at radius 3 is 2.31 bits per heavy atom. The molecular weight excluding hydrogens is 389 g/mol. The van der Waals surface area contributed by atoms with Crippen LogP contribution in [0.15, 0.2) is 53.9 Å². The third kappa shape index (κ3) is 4.71. The number of esters is 1. The van der Waals surface area contributed by atoms with Gasteiger partial charge >= 0.3 is 5.97 Å². The summed E-state index contributed by atoms with van der Waals surface area (Å²) in [5, 5.41) is 5.00. The molecule has 0 unspecified atom stereocenters. The van der Waals surface area contributed by atoms with Crippen LogP contribution >= 0.6 is 11.3 Å². The van der Waals surface area contributed by atoms with Gasteiger partial charge in [-0.3, -0.25) is 4.79 Å². The van der Waals surface area contributed by atoms with E-state index in [-0.39, 0.29) is 6.61 Å². The molecule has 0 fully saturated rings. The van der Waals surface area contributed by atoms with Crippen LogP contribution in [0.2, 0.25) is 0 Å². The van der Waals surface area contributed by atoms with Gasteiger partial charge in [-0.2, -0.15) is 0 Å². The van der Waals surface area contributed by atoms with E-state index in [0.717, 1.165) is 5.56 Å². The van der Waals surface area contributed by atoms with E-state index in [1.165, 1.54) is 41.2 Å². The van der Waals surface area contributed by atoms with Crippen molar-refractivity contribution in [3.05, 3.63) is 76.4 Å². The zero-order valence-electron chi connectivity index (χ0n) is 16.5. The molecule has 0 saturated carbocycles. The second-order valence-electron chi connectivity index (χ2n) is 6.81. The van der Waals surface area contributed by atoms with E-state index < -0.39 is 17.7 Å². The molecule has 1 aromatic heterocycles. The maximum atomic E-state index is 13.1. The summed E-state index contributed by atoms with van der Waals surface area (Å²) in [7, 11) is 0. The number of halogens is 1. The first-order chi connectivity index (χ1) is 13.9. The topological polar surface area (TPSA) is 55.4 Å². The fraction of sp³-hybridized carbons (Fsp3) is 0.217. The third-order valence-electron chi connectivity index (χ3n) is 4.49. The number of hydrogen-bond donors (Lipinski definition) is 1. The van der Waals surface area contributed by atoms with Crippen LogP contribution in [0, 0.1) is 5.82 Å². The fourth-order valence-corrected chi connectivity index (χ4v) is 3.84. The van der Waals surface area contributed by atoms with Crippen molar-refractivity contribution in [3.63, 3.8) is 0 Å². The van der Waals surface area contributed by atoms with E-state index in [1.54, 1.807) is 6.92 Å². The molecule has 6 heteroatoms. The van der Waals surface area contributed by atoms with E-state index in [0.29, 0.717) is 27.6 Å². The van der Waals surface area contributed by atoms with E-state index in [2.05, 4.69) is 19.2 Å². The van der Waals surface area contributed by atoms with Crippen molar-refractivity contribution in [3.8, 4) is 11.1 Å². The number of hydrogen-bond acceptors (Lipinski definition) is 4. The molecule has 0 radical (unpaired) electrons. The molecule has 0 spiro atoms. The minimum absolute atomic E-state index is 0.228. The predicted octanol–water partition coefficient (Wildman–Crippen LogP) is 6.11. The smallest absolute Gasteiger partial charge is 0.341 e. The normalized spacial score (nSPS) is 10.8. The molecule has 0 aliphatic heterocycles. The molecule has 3 rings (SSSR count). The minimum atomic E-state index is -0.494. The maximum absolute atomic E-state index is 13.1. The number of thiophene rings is 1. The predicted molar refractivity (Wildman–Crippen MR) is 114 cm³/mol. The molecule has 1 heterocycles. The van der Waals surface area contributed by atoms with Crippen molar-refractivity contribution >= 4 is 28.2 Å². The highest BCUT2D eigenvalue weighted by Gasteiger charge is 2.23. The van der Waals surface area contributed by atoms with Crippen LogP contribution in [0.4, 0.5) is 9.39 Å². The van der Waals surface area contributed by atoms with Gasteiger partial charge in [0.25, 0.3) is 5.91 Å². The van der Waals surface area contributed by atoms with Gasteiger partial charge < -0.3 is 10.1 Å². The number of carbonyl (C=O) groups excluding carboxylic acids is 2. The Morgan fingerprint density at radius 2 is 1.72 bits per heavy atom. The maximum Gasteiger partial charge on any atom is 0.341 e. The molecule has 0 saturated heterocycles. The van der Waals surface area contributed by atoms with Gasteiger partial charge in [0.15, 0.2) is 0 Å². The van der Waals surface area contributed by atoms with Crippen molar-refractivity contribution in [2.24, 2.45) is 0 Å². The Bertz CT molecular complexity index is 1010. The van der Waals surface area contributed by atoms with Crippen LogP contribution in [0.25, 0.3) is 11.1 Å². The highest BCUT2D eigenvalue weighted by atomic mass is 32.1. The summed E-state index contributed by atoms with van der Waals surface area (Å²) in [4.78, 5) is 25.2. The third-order valence-corrected chi connectivity index (χ3v) is 5.39. The van der Waals surface area contributed by atoms with Gasteiger partial charge in [0.05, 0.1) is 6.61 Å². The molecular formula is C23H22FNO3S. The number of anilines is 1. The highest BCUT2D eigenvalue weighted by molar-refractivity contribution is 7.15. The van der Waals surface area contributed by atoms with Crippen LogP contribution in [-0.2, 0) is 4.74 Å². The van der Waals surface area contributed by atoms with Crippen molar-refractivity contribution in [2.45, 2.75) is 26.7 Å². The SMILES string of the molecule is CCOC(=O)c1c(-c2ccc(C(C)C)cc2)csc1NC(=O)c1ccc(F)cc1. The second kappa shape index (κ2) is 9.01. The molecule has 0 bridgehead atoms. The quantitative estimate of drug-likeness (QED) is 0.498. The number of rotatable bonds is 6. The average molecular weight is 411 g/mol. The largest absolute Gasteiger partial charge is 0.462 e. The first-order valence-corrected chi connectivity index (χ1v) is 10.2. The molecule has 150 valence electrons. The monoisotopic (exact) mass is 411 g/mol. The van der Waals surface area contributed by atoms with E-state index >= 15 is 0 Å². The summed E-state index contributed by atoms with van der Waals surface area (Å²) in [6.07, 6.45) is 0. The zero-order valence-corrected chi connectivity index (χ0v) is 17.3. The van der Waals surface area contributed by atoms with E-state index in [4.69, 9.17) is 4.74 Å². The standard InChI is InChI=1S/C23H22FNO3S/c1-4-28-23(27)20-19(16-7-5-15(6-8-16)14(2)3)13-29-22(20)25-21(26)17-9-11-18(24)12-10-17/h5-14H,4H2,1-3H3,(H,25,26). The molecule has 29 heavy (non-hydrogen) atoms. The molecule has 4 nitrogen and oxygen atoms in total. The summed E-state index contributed by atoms with van der Waals surface area (Å²) < 4.78 is 18.3. The number of carbonyl (C=O) groups is 2. The van der Waals surface area contributed by atoms with E-state index in [9.17, 15) is 14.0 Å². The van der Waals surface area contributed by atoms with Crippen LogP contribution in [-0.4, -0.2) is 18.5 Å².